The van der Waals surface area contributed by atoms with E-state index in [1.165, 1.54) is 12.0 Å². The Kier molecular flexibility index (Phi) is 2.35. The van der Waals surface area contributed by atoms with E-state index in [0.29, 0.717) is 11.3 Å². The van der Waals surface area contributed by atoms with Crippen LogP contribution in [0, 0.1) is 5.41 Å². The molecule has 2 rings (SSSR count). The lowest BCUT2D eigenvalue weighted by atomic mass is 9.71. The molecule has 1 aromatic heterocycles. The first kappa shape index (κ1) is 9.71. The van der Waals surface area contributed by atoms with E-state index in [1.54, 1.807) is 6.26 Å². The SMILES string of the molecule is CC1(C)Cc2conc2C(CCN)C1. The highest BCUT2D eigenvalue weighted by molar-refractivity contribution is 5.24. The summed E-state index contributed by atoms with van der Waals surface area (Å²) < 4.78 is 5.05. The molecule has 1 unspecified atom stereocenters. The van der Waals surface area contributed by atoms with Gasteiger partial charge in [-0.15, -0.1) is 0 Å². The lowest BCUT2D eigenvalue weighted by molar-refractivity contribution is 0.270. The van der Waals surface area contributed by atoms with E-state index in [1.807, 2.05) is 0 Å². The van der Waals surface area contributed by atoms with Gasteiger partial charge in [0.1, 0.15) is 6.26 Å². The maximum absolute atomic E-state index is 5.62. The zero-order valence-electron chi connectivity index (χ0n) is 8.92. The first-order valence-corrected chi connectivity index (χ1v) is 5.25. The minimum absolute atomic E-state index is 0.360. The molecule has 1 aromatic rings. The summed E-state index contributed by atoms with van der Waals surface area (Å²) in [7, 11) is 0. The average Bonchev–Trinajstić information content (AvgIpc) is 2.50. The molecule has 0 bridgehead atoms. The van der Waals surface area contributed by atoms with Gasteiger partial charge >= 0.3 is 0 Å². The molecule has 1 aliphatic rings. The molecule has 1 heterocycles. The third-order valence-electron chi connectivity index (χ3n) is 3.04. The van der Waals surface area contributed by atoms with Gasteiger partial charge in [-0.3, -0.25) is 0 Å². The highest BCUT2D eigenvalue weighted by Crippen LogP contribution is 2.42. The van der Waals surface area contributed by atoms with Crippen LogP contribution < -0.4 is 5.73 Å². The Hall–Kier alpha value is -0.830. The minimum atomic E-state index is 0.360. The van der Waals surface area contributed by atoms with Crippen LogP contribution in [0.25, 0.3) is 0 Å². The van der Waals surface area contributed by atoms with Gasteiger partial charge in [-0.1, -0.05) is 19.0 Å². The van der Waals surface area contributed by atoms with Crippen LogP contribution in [0.1, 0.15) is 43.9 Å². The molecule has 0 radical (unpaired) electrons. The lowest BCUT2D eigenvalue weighted by Crippen LogP contribution is -2.26. The van der Waals surface area contributed by atoms with Crippen molar-refractivity contribution in [1.29, 1.82) is 0 Å². The molecule has 0 saturated carbocycles. The summed E-state index contributed by atoms with van der Waals surface area (Å²) in [5, 5.41) is 4.09. The summed E-state index contributed by atoms with van der Waals surface area (Å²) in [5.74, 6) is 0.498. The Morgan fingerprint density at radius 2 is 2.43 bits per heavy atom. The van der Waals surface area contributed by atoms with Crippen LogP contribution in [0.5, 0.6) is 0 Å². The molecule has 0 aromatic carbocycles. The fraction of sp³-hybridized carbons (Fsp3) is 0.727. The minimum Gasteiger partial charge on any atom is -0.364 e. The molecule has 0 spiro atoms. The van der Waals surface area contributed by atoms with Crippen molar-refractivity contribution in [3.63, 3.8) is 0 Å². The third kappa shape index (κ3) is 1.69. The first-order valence-electron chi connectivity index (χ1n) is 5.25. The number of hydrogen-bond donors (Lipinski definition) is 1. The Morgan fingerprint density at radius 1 is 1.64 bits per heavy atom. The number of nitrogens with two attached hydrogens (primary N) is 1. The topological polar surface area (TPSA) is 52.0 Å². The molecule has 0 saturated heterocycles. The number of aromatic nitrogens is 1. The maximum Gasteiger partial charge on any atom is 0.127 e. The van der Waals surface area contributed by atoms with Crippen molar-refractivity contribution in [2.75, 3.05) is 6.54 Å². The van der Waals surface area contributed by atoms with Crippen molar-refractivity contribution < 1.29 is 4.52 Å². The first-order chi connectivity index (χ1) is 6.62. The molecule has 14 heavy (non-hydrogen) atoms. The van der Waals surface area contributed by atoms with E-state index in [-0.39, 0.29) is 0 Å². The standard InChI is InChI=1S/C11H18N2O/c1-11(2)5-8(3-4-12)10-9(6-11)7-14-13-10/h7-8H,3-6,12H2,1-2H3. The van der Waals surface area contributed by atoms with E-state index in [2.05, 4.69) is 19.0 Å². The summed E-state index contributed by atoms with van der Waals surface area (Å²) in [6, 6.07) is 0. The van der Waals surface area contributed by atoms with Crippen LogP contribution in [0.15, 0.2) is 10.8 Å². The van der Waals surface area contributed by atoms with Crippen LogP contribution in [0.2, 0.25) is 0 Å². The van der Waals surface area contributed by atoms with Gasteiger partial charge in [-0.2, -0.15) is 0 Å². The number of rotatable bonds is 2. The Bertz CT molecular complexity index is 317. The highest BCUT2D eigenvalue weighted by atomic mass is 16.5. The lowest BCUT2D eigenvalue weighted by Gasteiger charge is -2.33. The molecule has 0 aliphatic heterocycles. The van der Waals surface area contributed by atoms with Crippen molar-refractivity contribution >= 4 is 0 Å². The van der Waals surface area contributed by atoms with Gasteiger partial charge in [-0.05, 0) is 31.2 Å². The molecule has 3 heteroatoms. The Labute approximate surface area is 84.7 Å². The molecule has 1 aliphatic carbocycles. The largest absolute Gasteiger partial charge is 0.364 e. The van der Waals surface area contributed by atoms with Gasteiger partial charge in [0.25, 0.3) is 0 Å². The van der Waals surface area contributed by atoms with Crippen molar-refractivity contribution in [3.8, 4) is 0 Å². The Morgan fingerprint density at radius 3 is 3.14 bits per heavy atom. The third-order valence-corrected chi connectivity index (χ3v) is 3.04. The van der Waals surface area contributed by atoms with Gasteiger partial charge in [0.05, 0.1) is 5.69 Å². The molecule has 0 amide bonds. The fourth-order valence-electron chi connectivity index (χ4n) is 2.53. The fourth-order valence-corrected chi connectivity index (χ4v) is 2.53. The molecule has 0 fully saturated rings. The van der Waals surface area contributed by atoms with Crippen molar-refractivity contribution in [2.45, 2.75) is 39.0 Å². The van der Waals surface area contributed by atoms with Gasteiger partial charge in [0.15, 0.2) is 0 Å². The summed E-state index contributed by atoms with van der Waals surface area (Å²) in [6.45, 7) is 5.33. The summed E-state index contributed by atoms with van der Waals surface area (Å²) in [6.07, 6.45) is 5.05. The van der Waals surface area contributed by atoms with E-state index in [4.69, 9.17) is 10.3 Å². The predicted octanol–water partition coefficient (Wildman–Crippen LogP) is 2.08. The van der Waals surface area contributed by atoms with E-state index < -0.39 is 0 Å². The smallest absolute Gasteiger partial charge is 0.127 e. The van der Waals surface area contributed by atoms with Gasteiger partial charge < -0.3 is 10.3 Å². The summed E-state index contributed by atoms with van der Waals surface area (Å²) in [4.78, 5) is 0. The normalized spacial score (nSPS) is 24.6. The molecular weight excluding hydrogens is 176 g/mol. The second-order valence-corrected chi connectivity index (χ2v) is 5.04. The maximum atomic E-state index is 5.62. The quantitative estimate of drug-likeness (QED) is 0.784. The van der Waals surface area contributed by atoms with E-state index >= 15 is 0 Å². The molecular formula is C11H18N2O. The summed E-state index contributed by atoms with van der Waals surface area (Å²) in [5.41, 5.74) is 8.40. The zero-order chi connectivity index (χ0) is 10.2. The number of hydrogen-bond acceptors (Lipinski definition) is 3. The Balaban J connectivity index is 2.28. The second-order valence-electron chi connectivity index (χ2n) is 5.04. The molecule has 3 nitrogen and oxygen atoms in total. The molecule has 1 atom stereocenters. The van der Waals surface area contributed by atoms with Crippen LogP contribution in [0.4, 0.5) is 0 Å². The van der Waals surface area contributed by atoms with Crippen molar-refractivity contribution in [3.05, 3.63) is 17.5 Å². The molecule has 2 N–H and O–H groups in total. The van der Waals surface area contributed by atoms with E-state index in [0.717, 1.165) is 25.1 Å². The van der Waals surface area contributed by atoms with Crippen LogP contribution >= 0.6 is 0 Å². The highest BCUT2D eigenvalue weighted by Gasteiger charge is 2.34. The average molecular weight is 194 g/mol. The second kappa shape index (κ2) is 3.39. The molecule has 78 valence electrons. The van der Waals surface area contributed by atoms with E-state index in [9.17, 15) is 0 Å². The van der Waals surface area contributed by atoms with Crippen molar-refractivity contribution in [1.82, 2.24) is 5.16 Å². The van der Waals surface area contributed by atoms with Gasteiger partial charge in [0.2, 0.25) is 0 Å². The predicted molar refractivity (Wildman–Crippen MR) is 55.0 cm³/mol. The van der Waals surface area contributed by atoms with Crippen LogP contribution in [0.3, 0.4) is 0 Å². The number of fused-ring (bicyclic) bond motifs is 1. The van der Waals surface area contributed by atoms with Crippen LogP contribution in [-0.2, 0) is 6.42 Å². The monoisotopic (exact) mass is 194 g/mol. The van der Waals surface area contributed by atoms with Gasteiger partial charge in [-0.25, -0.2) is 0 Å². The summed E-state index contributed by atoms with van der Waals surface area (Å²) >= 11 is 0. The van der Waals surface area contributed by atoms with Crippen molar-refractivity contribution in [2.24, 2.45) is 11.1 Å². The van der Waals surface area contributed by atoms with Gasteiger partial charge in [0, 0.05) is 11.5 Å². The number of nitrogens with zero attached hydrogens (tertiary/aromatic N) is 1. The van der Waals surface area contributed by atoms with Crippen LogP contribution in [-0.4, -0.2) is 11.7 Å². The zero-order valence-corrected chi connectivity index (χ0v) is 8.92.